The number of likely N-dealkylation sites (N-methyl/N-ethyl adjacent to an activating group) is 1. The highest BCUT2D eigenvalue weighted by Crippen LogP contribution is 2.35. The first-order valence-corrected chi connectivity index (χ1v) is 7.19. The minimum Gasteiger partial charge on any atom is -0.424 e. The molecule has 2 rings (SSSR count). The van der Waals surface area contributed by atoms with Crippen molar-refractivity contribution in [3.05, 3.63) is 11.8 Å². The molecule has 2 unspecified atom stereocenters. The molecule has 1 aliphatic rings. The largest absolute Gasteiger partial charge is 0.424 e. The Bertz CT molecular complexity index is 404. The highest BCUT2D eigenvalue weighted by molar-refractivity contribution is 4.95. The van der Waals surface area contributed by atoms with Gasteiger partial charge in [-0.25, -0.2) is 0 Å². The molecule has 1 saturated carbocycles. The molecule has 2 atom stereocenters. The first-order chi connectivity index (χ1) is 9.02. The highest BCUT2D eigenvalue weighted by atomic mass is 16.4. The van der Waals surface area contributed by atoms with Gasteiger partial charge in [0.25, 0.3) is 0 Å². The van der Waals surface area contributed by atoms with Crippen molar-refractivity contribution in [3.8, 4) is 0 Å². The topological polar surface area (TPSA) is 54.2 Å². The molecule has 0 radical (unpaired) electrons. The quantitative estimate of drug-likeness (QED) is 0.883. The van der Waals surface area contributed by atoms with Crippen molar-refractivity contribution in [2.75, 3.05) is 20.6 Å². The summed E-state index contributed by atoms with van der Waals surface area (Å²) in [7, 11) is 4.38. The maximum Gasteiger partial charge on any atom is 0.230 e. The van der Waals surface area contributed by atoms with E-state index in [0.717, 1.165) is 12.5 Å². The third kappa shape index (κ3) is 3.54. The zero-order valence-electron chi connectivity index (χ0n) is 12.6. The van der Waals surface area contributed by atoms with Crippen LogP contribution >= 0.6 is 0 Å². The van der Waals surface area contributed by atoms with Crippen LogP contribution in [0.2, 0.25) is 0 Å². The fourth-order valence-corrected chi connectivity index (χ4v) is 3.17. The molecule has 1 heterocycles. The Morgan fingerprint density at radius 3 is 2.79 bits per heavy atom. The van der Waals surface area contributed by atoms with Crippen LogP contribution in [-0.4, -0.2) is 41.3 Å². The summed E-state index contributed by atoms with van der Waals surface area (Å²) in [5.41, 5.74) is 0.271. The summed E-state index contributed by atoms with van der Waals surface area (Å²) in [6.07, 6.45) is 5.20. The van der Waals surface area contributed by atoms with Crippen LogP contribution in [0.25, 0.3) is 0 Å². The van der Waals surface area contributed by atoms with Crippen LogP contribution in [0.1, 0.15) is 44.4 Å². The first kappa shape index (κ1) is 14.5. The number of hydrogen-bond acceptors (Lipinski definition) is 5. The standard InChI is InChI=1S/C14H26N4O/c1-11-6-5-7-14(8-11,18(3)4)10-15-9-13-17-16-12(2)19-13/h11,15H,5-10H2,1-4H3. The lowest BCUT2D eigenvalue weighted by atomic mass is 9.75. The van der Waals surface area contributed by atoms with E-state index in [9.17, 15) is 0 Å². The van der Waals surface area contributed by atoms with Crippen LogP contribution in [0.4, 0.5) is 0 Å². The van der Waals surface area contributed by atoms with Gasteiger partial charge >= 0.3 is 0 Å². The second kappa shape index (κ2) is 6.01. The van der Waals surface area contributed by atoms with E-state index in [1.807, 2.05) is 6.92 Å². The van der Waals surface area contributed by atoms with Crippen molar-refractivity contribution >= 4 is 0 Å². The maximum atomic E-state index is 5.39. The molecule has 1 aromatic rings. The molecule has 5 heteroatoms. The SMILES string of the molecule is Cc1nnc(CNCC2(N(C)C)CCCC(C)C2)o1. The van der Waals surface area contributed by atoms with Crippen molar-refractivity contribution in [1.82, 2.24) is 20.4 Å². The van der Waals surface area contributed by atoms with Crippen molar-refractivity contribution in [3.63, 3.8) is 0 Å². The van der Waals surface area contributed by atoms with E-state index < -0.39 is 0 Å². The fraction of sp³-hybridized carbons (Fsp3) is 0.857. The minimum absolute atomic E-state index is 0.271. The number of hydrogen-bond donors (Lipinski definition) is 1. The van der Waals surface area contributed by atoms with Gasteiger partial charge in [0.05, 0.1) is 6.54 Å². The van der Waals surface area contributed by atoms with Crippen molar-refractivity contribution in [2.24, 2.45) is 5.92 Å². The molecule has 1 fully saturated rings. The van der Waals surface area contributed by atoms with Gasteiger partial charge in [-0.1, -0.05) is 19.8 Å². The molecular formula is C14H26N4O. The molecule has 0 aliphatic heterocycles. The summed E-state index contributed by atoms with van der Waals surface area (Å²) in [6, 6.07) is 0. The Balaban J connectivity index is 1.90. The molecule has 0 spiro atoms. The lowest BCUT2D eigenvalue weighted by molar-refractivity contribution is 0.0743. The Labute approximate surface area is 115 Å². The predicted octanol–water partition coefficient (Wildman–Crippen LogP) is 1.98. The second-order valence-electron chi connectivity index (χ2n) is 6.14. The smallest absolute Gasteiger partial charge is 0.230 e. The molecule has 0 bridgehead atoms. The predicted molar refractivity (Wildman–Crippen MR) is 74.8 cm³/mol. The maximum absolute atomic E-state index is 5.39. The van der Waals surface area contributed by atoms with E-state index in [0.29, 0.717) is 18.3 Å². The molecule has 1 N–H and O–H groups in total. The van der Waals surface area contributed by atoms with E-state index in [-0.39, 0.29) is 5.54 Å². The number of rotatable bonds is 5. The molecule has 1 aromatic heterocycles. The Morgan fingerprint density at radius 1 is 1.42 bits per heavy atom. The fourth-order valence-electron chi connectivity index (χ4n) is 3.17. The van der Waals surface area contributed by atoms with Crippen LogP contribution in [-0.2, 0) is 6.54 Å². The van der Waals surface area contributed by atoms with Gasteiger partial charge in [0.15, 0.2) is 0 Å². The van der Waals surface area contributed by atoms with E-state index in [2.05, 4.69) is 41.4 Å². The minimum atomic E-state index is 0.271. The normalized spacial score (nSPS) is 27.9. The van der Waals surface area contributed by atoms with E-state index in [1.165, 1.54) is 25.7 Å². The highest BCUT2D eigenvalue weighted by Gasteiger charge is 2.36. The van der Waals surface area contributed by atoms with Gasteiger partial charge in [-0.15, -0.1) is 10.2 Å². The number of nitrogens with zero attached hydrogens (tertiary/aromatic N) is 3. The second-order valence-corrected chi connectivity index (χ2v) is 6.14. The van der Waals surface area contributed by atoms with Gasteiger partial charge in [-0.3, -0.25) is 0 Å². The molecule has 0 aromatic carbocycles. The van der Waals surface area contributed by atoms with Crippen LogP contribution in [0.3, 0.4) is 0 Å². The Hall–Kier alpha value is -0.940. The van der Waals surface area contributed by atoms with Gasteiger partial charge in [0, 0.05) is 19.0 Å². The molecule has 19 heavy (non-hydrogen) atoms. The van der Waals surface area contributed by atoms with Gasteiger partial charge in [0.2, 0.25) is 11.8 Å². The average molecular weight is 266 g/mol. The molecular weight excluding hydrogens is 240 g/mol. The molecule has 0 amide bonds. The van der Waals surface area contributed by atoms with E-state index >= 15 is 0 Å². The van der Waals surface area contributed by atoms with E-state index in [4.69, 9.17) is 4.42 Å². The van der Waals surface area contributed by atoms with Crippen LogP contribution in [0.5, 0.6) is 0 Å². The van der Waals surface area contributed by atoms with Crippen LogP contribution in [0, 0.1) is 12.8 Å². The summed E-state index contributed by atoms with van der Waals surface area (Å²) in [5, 5.41) is 11.4. The zero-order chi connectivity index (χ0) is 13.9. The van der Waals surface area contributed by atoms with Crippen molar-refractivity contribution < 1.29 is 4.42 Å². The van der Waals surface area contributed by atoms with Gasteiger partial charge in [-0.05, 0) is 32.9 Å². The third-order valence-corrected chi connectivity index (χ3v) is 4.31. The van der Waals surface area contributed by atoms with Crippen molar-refractivity contribution in [2.45, 2.75) is 51.6 Å². The zero-order valence-corrected chi connectivity index (χ0v) is 12.6. The summed E-state index contributed by atoms with van der Waals surface area (Å²) in [5.74, 6) is 2.12. The molecule has 0 saturated heterocycles. The monoisotopic (exact) mass is 266 g/mol. The summed E-state index contributed by atoms with van der Waals surface area (Å²) in [6.45, 7) is 5.82. The van der Waals surface area contributed by atoms with E-state index in [1.54, 1.807) is 0 Å². The lowest BCUT2D eigenvalue weighted by Gasteiger charge is -2.45. The molecule has 1 aliphatic carbocycles. The summed E-state index contributed by atoms with van der Waals surface area (Å²) >= 11 is 0. The van der Waals surface area contributed by atoms with Crippen LogP contribution < -0.4 is 5.32 Å². The number of aromatic nitrogens is 2. The van der Waals surface area contributed by atoms with Crippen LogP contribution in [0.15, 0.2) is 4.42 Å². The Kier molecular flexibility index (Phi) is 4.58. The molecule has 108 valence electrons. The number of nitrogens with one attached hydrogen (secondary N) is 1. The van der Waals surface area contributed by atoms with Gasteiger partial charge in [0.1, 0.15) is 0 Å². The lowest BCUT2D eigenvalue weighted by Crippen LogP contribution is -2.54. The number of aryl methyl sites for hydroxylation is 1. The first-order valence-electron chi connectivity index (χ1n) is 7.19. The Morgan fingerprint density at radius 2 is 2.21 bits per heavy atom. The summed E-state index contributed by atoms with van der Waals surface area (Å²) in [4.78, 5) is 2.38. The van der Waals surface area contributed by atoms with Gasteiger partial charge < -0.3 is 14.6 Å². The average Bonchev–Trinajstić information content (AvgIpc) is 2.75. The third-order valence-electron chi connectivity index (χ3n) is 4.31. The molecule has 5 nitrogen and oxygen atoms in total. The van der Waals surface area contributed by atoms with Crippen molar-refractivity contribution in [1.29, 1.82) is 0 Å². The summed E-state index contributed by atoms with van der Waals surface area (Å²) < 4.78 is 5.39. The van der Waals surface area contributed by atoms with Gasteiger partial charge in [-0.2, -0.15) is 0 Å².